The van der Waals surface area contributed by atoms with Gasteiger partial charge >= 0.3 is 0 Å². The van der Waals surface area contributed by atoms with Gasteiger partial charge < -0.3 is 14.4 Å². The molecule has 150 valence electrons. The van der Waals surface area contributed by atoms with Gasteiger partial charge in [-0.2, -0.15) is 5.10 Å². The van der Waals surface area contributed by atoms with Crippen molar-refractivity contribution in [1.29, 1.82) is 0 Å². The molecule has 1 aromatic carbocycles. The van der Waals surface area contributed by atoms with Crippen molar-refractivity contribution < 1.29 is 13.9 Å². The van der Waals surface area contributed by atoms with E-state index in [-0.39, 0.29) is 12.5 Å². The molecule has 0 N–H and O–H groups in total. The third-order valence-corrected chi connectivity index (χ3v) is 6.88. The molecular weight excluding hydrogens is 361 g/mol. The van der Waals surface area contributed by atoms with Gasteiger partial charge in [-0.05, 0) is 44.1 Å². The monoisotopic (exact) mass is 393 g/mol. The van der Waals surface area contributed by atoms with Crippen LogP contribution in [0.2, 0.25) is 25.7 Å². The van der Waals surface area contributed by atoms with Gasteiger partial charge in [0.1, 0.15) is 23.8 Å². The number of fused-ring (bicyclic) bond motifs is 1. The van der Waals surface area contributed by atoms with Crippen molar-refractivity contribution in [3.8, 4) is 5.75 Å². The molecule has 0 amide bonds. The van der Waals surface area contributed by atoms with E-state index < -0.39 is 8.07 Å². The van der Waals surface area contributed by atoms with Crippen molar-refractivity contribution in [2.75, 3.05) is 33.4 Å². The molecular formula is C20H32FN3O2Si. The summed E-state index contributed by atoms with van der Waals surface area (Å²) >= 11 is 0. The summed E-state index contributed by atoms with van der Waals surface area (Å²) in [6, 6.07) is 4.22. The second kappa shape index (κ2) is 8.71. The number of halogens is 1. The smallest absolute Gasteiger partial charge is 0.149 e. The van der Waals surface area contributed by atoms with E-state index in [2.05, 4.69) is 24.5 Å². The Morgan fingerprint density at radius 2 is 1.93 bits per heavy atom. The van der Waals surface area contributed by atoms with E-state index in [4.69, 9.17) is 14.6 Å². The lowest BCUT2D eigenvalue weighted by molar-refractivity contribution is 0.0810. The van der Waals surface area contributed by atoms with Gasteiger partial charge in [0.2, 0.25) is 0 Å². The molecule has 1 aliphatic rings. The first-order valence-corrected chi connectivity index (χ1v) is 13.6. The third kappa shape index (κ3) is 5.09. The molecule has 0 atom stereocenters. The van der Waals surface area contributed by atoms with E-state index in [0.29, 0.717) is 17.9 Å². The van der Waals surface area contributed by atoms with Gasteiger partial charge in [-0.15, -0.1) is 0 Å². The molecule has 3 rings (SSSR count). The Labute approximate surface area is 162 Å². The molecule has 7 heteroatoms. The summed E-state index contributed by atoms with van der Waals surface area (Å²) in [5.74, 6) is 0.399. The summed E-state index contributed by atoms with van der Waals surface area (Å²) in [5.41, 5.74) is 1.38. The number of hydrogen-bond donors (Lipinski definition) is 0. The summed E-state index contributed by atoms with van der Waals surface area (Å²) in [6.45, 7) is 11.2. The number of methoxy groups -OCH3 is 1. The molecule has 0 unspecified atom stereocenters. The summed E-state index contributed by atoms with van der Waals surface area (Å²) in [4.78, 5) is 2.45. The Morgan fingerprint density at radius 1 is 1.19 bits per heavy atom. The fourth-order valence-corrected chi connectivity index (χ4v) is 4.32. The number of benzene rings is 1. The summed E-state index contributed by atoms with van der Waals surface area (Å²) in [5, 5.41) is 5.49. The van der Waals surface area contributed by atoms with Gasteiger partial charge in [-0.1, -0.05) is 19.6 Å². The molecule has 0 radical (unpaired) electrons. The third-order valence-electron chi connectivity index (χ3n) is 5.17. The quantitative estimate of drug-likeness (QED) is 0.474. The number of hydrogen-bond acceptors (Lipinski definition) is 4. The molecule has 0 spiro atoms. The maximum atomic E-state index is 14.6. The van der Waals surface area contributed by atoms with Crippen molar-refractivity contribution in [2.24, 2.45) is 0 Å². The zero-order chi connectivity index (χ0) is 19.4. The Kier molecular flexibility index (Phi) is 6.55. The van der Waals surface area contributed by atoms with Gasteiger partial charge in [0.25, 0.3) is 0 Å². The molecule has 1 saturated heterocycles. The minimum atomic E-state index is -1.15. The molecule has 5 nitrogen and oxygen atoms in total. The average Bonchev–Trinajstić information content (AvgIpc) is 3.25. The molecule has 1 fully saturated rings. The molecule has 2 aromatic rings. The highest BCUT2D eigenvalue weighted by Gasteiger charge is 2.20. The zero-order valence-corrected chi connectivity index (χ0v) is 18.1. The molecule has 0 bridgehead atoms. The molecule has 27 heavy (non-hydrogen) atoms. The zero-order valence-electron chi connectivity index (χ0n) is 17.1. The molecule has 1 aliphatic heterocycles. The van der Waals surface area contributed by atoms with Gasteiger partial charge in [-0.3, -0.25) is 0 Å². The number of aromatic nitrogens is 2. The second-order valence-electron chi connectivity index (χ2n) is 8.57. The van der Waals surface area contributed by atoms with Crippen molar-refractivity contribution in [3.63, 3.8) is 0 Å². The molecule has 1 aromatic heterocycles. The fraction of sp³-hybridized carbons (Fsp3) is 0.650. The van der Waals surface area contributed by atoms with Crippen LogP contribution in [0.5, 0.6) is 5.75 Å². The van der Waals surface area contributed by atoms with Gasteiger partial charge in [0, 0.05) is 27.6 Å². The van der Waals surface area contributed by atoms with Crippen LogP contribution in [-0.4, -0.2) is 56.1 Å². The van der Waals surface area contributed by atoms with E-state index in [1.54, 1.807) is 17.9 Å². The average molecular weight is 394 g/mol. The van der Waals surface area contributed by atoms with Crippen LogP contribution >= 0.6 is 0 Å². The van der Waals surface area contributed by atoms with Crippen molar-refractivity contribution >= 4 is 19.0 Å². The summed E-state index contributed by atoms with van der Waals surface area (Å²) in [6.07, 6.45) is 3.31. The fourth-order valence-electron chi connectivity index (χ4n) is 3.56. The first kappa shape index (κ1) is 20.3. The first-order chi connectivity index (χ1) is 12.9. The highest BCUT2D eigenvalue weighted by atomic mass is 28.3. The van der Waals surface area contributed by atoms with Gasteiger partial charge in [-0.25, -0.2) is 9.07 Å². The highest BCUT2D eigenvalue weighted by Crippen LogP contribution is 2.31. The SMILES string of the molecule is COc1ccc(F)c2c1c(CCN1CCCC1)nn2COCC[Si](C)(C)C. The number of likely N-dealkylation sites (tertiary alicyclic amines) is 1. The lowest BCUT2D eigenvalue weighted by Crippen LogP contribution is -2.22. The first-order valence-electron chi connectivity index (χ1n) is 9.91. The van der Waals surface area contributed by atoms with Crippen LogP contribution in [0, 0.1) is 5.82 Å². The standard InChI is InChI=1S/C20H32FN3O2Si/c1-25-18-8-7-16(21)20-19(18)17(9-12-23-10-5-6-11-23)22-24(20)15-26-13-14-27(2,3)4/h7-8H,5-6,9-15H2,1-4H3. The van der Waals surface area contributed by atoms with Crippen LogP contribution in [0.15, 0.2) is 12.1 Å². The number of rotatable bonds is 9. The van der Waals surface area contributed by atoms with Crippen molar-refractivity contribution in [3.05, 3.63) is 23.6 Å². The highest BCUT2D eigenvalue weighted by molar-refractivity contribution is 6.76. The van der Waals surface area contributed by atoms with Gasteiger partial charge in [0.05, 0.1) is 18.2 Å². The number of nitrogens with zero attached hydrogens (tertiary/aromatic N) is 3. The minimum Gasteiger partial charge on any atom is -0.496 e. The van der Waals surface area contributed by atoms with E-state index >= 15 is 0 Å². The van der Waals surface area contributed by atoms with Gasteiger partial charge in [0.15, 0.2) is 0 Å². The lowest BCUT2D eigenvalue weighted by atomic mass is 10.1. The normalized spacial score (nSPS) is 15.7. The maximum absolute atomic E-state index is 14.6. The van der Waals surface area contributed by atoms with E-state index in [9.17, 15) is 4.39 Å². The van der Waals surface area contributed by atoms with Crippen LogP contribution in [0.1, 0.15) is 18.5 Å². The Balaban J connectivity index is 1.81. The van der Waals surface area contributed by atoms with Crippen molar-refractivity contribution in [1.82, 2.24) is 14.7 Å². The van der Waals surface area contributed by atoms with E-state index in [0.717, 1.165) is 43.2 Å². The maximum Gasteiger partial charge on any atom is 0.149 e. The summed E-state index contributed by atoms with van der Waals surface area (Å²) in [7, 11) is 0.472. The largest absolute Gasteiger partial charge is 0.496 e. The van der Waals surface area contributed by atoms with Crippen molar-refractivity contribution in [2.45, 2.75) is 51.7 Å². The minimum absolute atomic E-state index is 0.273. The van der Waals surface area contributed by atoms with Crippen LogP contribution < -0.4 is 4.74 Å². The van der Waals surface area contributed by atoms with E-state index in [1.807, 2.05) is 0 Å². The lowest BCUT2D eigenvalue weighted by Gasteiger charge is -2.15. The Morgan fingerprint density at radius 3 is 2.59 bits per heavy atom. The second-order valence-corrected chi connectivity index (χ2v) is 14.2. The van der Waals surface area contributed by atoms with Crippen LogP contribution in [-0.2, 0) is 17.9 Å². The number of ether oxygens (including phenoxy) is 2. The topological polar surface area (TPSA) is 39.5 Å². The van der Waals surface area contributed by atoms with Crippen LogP contribution in [0.3, 0.4) is 0 Å². The molecule has 0 saturated carbocycles. The van der Waals surface area contributed by atoms with E-state index in [1.165, 1.54) is 18.9 Å². The Hall–Kier alpha value is -1.44. The van der Waals surface area contributed by atoms with Crippen LogP contribution in [0.4, 0.5) is 4.39 Å². The Bertz CT molecular complexity index is 767. The molecule has 2 heterocycles. The molecule has 0 aliphatic carbocycles. The predicted octanol–water partition coefficient (Wildman–Crippen LogP) is 4.13. The van der Waals surface area contributed by atoms with Crippen LogP contribution in [0.25, 0.3) is 10.9 Å². The predicted molar refractivity (Wildman–Crippen MR) is 110 cm³/mol. The summed E-state index contributed by atoms with van der Waals surface area (Å²) < 4.78 is 27.7.